The number of hydrogen-bond donors (Lipinski definition) is 0. The Balaban J connectivity index is 1.80. The molecule has 0 unspecified atom stereocenters. The number of halogens is 1. The Morgan fingerprint density at radius 3 is 2.58 bits per heavy atom. The number of ketones is 1. The van der Waals surface area contributed by atoms with Gasteiger partial charge in [-0.3, -0.25) is 4.79 Å². The number of hydrogen-bond acceptors (Lipinski definition) is 1. The normalized spacial score (nSPS) is 11.0. The van der Waals surface area contributed by atoms with Gasteiger partial charge in [0.25, 0.3) is 0 Å². The molecule has 0 aliphatic rings. The molecule has 3 heteroatoms. The quantitative estimate of drug-likeness (QED) is 0.282. The summed E-state index contributed by atoms with van der Waals surface area (Å²) in [7, 11) is 0. The van der Waals surface area contributed by atoms with Crippen molar-refractivity contribution in [1.82, 2.24) is 0 Å². The Bertz CT molecular complexity index is 1070. The molecule has 4 aromatic rings. The van der Waals surface area contributed by atoms with Gasteiger partial charge in [0.2, 0.25) is 17.8 Å². The molecule has 0 atom stereocenters. The lowest BCUT2D eigenvalue weighted by Crippen LogP contribution is -2.38. The monoisotopic (exact) mass is 376 g/mol. The molecular formula is C21H15BrNO+. The number of pyridine rings is 1. The number of carbonyl (C=O) groups is 1. The van der Waals surface area contributed by atoms with E-state index in [0.717, 1.165) is 20.9 Å². The molecule has 24 heavy (non-hydrogen) atoms. The van der Waals surface area contributed by atoms with Crippen LogP contribution in [0.2, 0.25) is 0 Å². The van der Waals surface area contributed by atoms with Gasteiger partial charge in [0.15, 0.2) is 6.20 Å². The summed E-state index contributed by atoms with van der Waals surface area (Å²) in [4.78, 5) is 12.6. The third kappa shape index (κ3) is 2.72. The highest BCUT2D eigenvalue weighted by Gasteiger charge is 2.16. The third-order valence-corrected chi connectivity index (χ3v) is 4.74. The van der Waals surface area contributed by atoms with E-state index in [2.05, 4.69) is 46.3 Å². The van der Waals surface area contributed by atoms with Crippen LogP contribution in [0.3, 0.4) is 0 Å². The van der Waals surface area contributed by atoms with Gasteiger partial charge in [-0.2, -0.15) is 4.57 Å². The van der Waals surface area contributed by atoms with Crippen LogP contribution in [0.25, 0.3) is 21.7 Å². The van der Waals surface area contributed by atoms with Crippen LogP contribution in [-0.2, 0) is 6.54 Å². The van der Waals surface area contributed by atoms with Crippen LogP contribution < -0.4 is 4.57 Å². The van der Waals surface area contributed by atoms with E-state index in [1.807, 2.05) is 53.2 Å². The van der Waals surface area contributed by atoms with Gasteiger partial charge in [-0.15, -0.1) is 0 Å². The number of Topliss-reactive ketones (excluding diaryl/α,β-unsaturated/α-hetero) is 1. The summed E-state index contributed by atoms with van der Waals surface area (Å²) >= 11 is 3.42. The van der Waals surface area contributed by atoms with Crippen LogP contribution in [0.1, 0.15) is 10.4 Å². The fraction of sp³-hybridized carbons (Fsp3) is 0.0476. The zero-order chi connectivity index (χ0) is 16.5. The minimum absolute atomic E-state index is 0.0990. The van der Waals surface area contributed by atoms with Crippen molar-refractivity contribution in [3.8, 4) is 0 Å². The second-order valence-electron chi connectivity index (χ2n) is 5.79. The molecule has 2 nitrogen and oxygen atoms in total. The average molecular weight is 377 g/mol. The molecule has 0 spiro atoms. The van der Waals surface area contributed by atoms with Crippen LogP contribution in [-0.4, -0.2) is 5.78 Å². The Kier molecular flexibility index (Phi) is 3.87. The number of carbonyl (C=O) groups excluding carboxylic acids is 1. The van der Waals surface area contributed by atoms with Crippen LogP contribution in [0.15, 0.2) is 83.5 Å². The first-order valence-corrected chi connectivity index (χ1v) is 8.60. The highest BCUT2D eigenvalue weighted by Crippen LogP contribution is 2.23. The van der Waals surface area contributed by atoms with Gasteiger partial charge in [-0.1, -0.05) is 52.3 Å². The summed E-state index contributed by atoms with van der Waals surface area (Å²) in [5.41, 5.74) is 1.79. The van der Waals surface area contributed by atoms with E-state index >= 15 is 0 Å². The number of nitrogens with zero attached hydrogens (tertiary/aromatic N) is 1. The van der Waals surface area contributed by atoms with Crippen LogP contribution in [0, 0.1) is 0 Å². The van der Waals surface area contributed by atoms with Gasteiger partial charge in [0, 0.05) is 22.2 Å². The molecule has 3 aromatic carbocycles. The van der Waals surface area contributed by atoms with E-state index in [1.54, 1.807) is 0 Å². The zero-order valence-electron chi connectivity index (χ0n) is 12.9. The minimum atomic E-state index is 0.0990. The molecular weight excluding hydrogens is 362 g/mol. The Morgan fingerprint density at radius 1 is 0.875 bits per heavy atom. The first kappa shape index (κ1) is 15.0. The van der Waals surface area contributed by atoms with E-state index in [9.17, 15) is 4.79 Å². The molecule has 1 aromatic heterocycles. The zero-order valence-corrected chi connectivity index (χ0v) is 14.5. The second kappa shape index (κ2) is 6.17. The molecule has 0 amide bonds. The van der Waals surface area contributed by atoms with Gasteiger partial charge in [0.1, 0.15) is 0 Å². The first-order chi connectivity index (χ1) is 11.7. The Morgan fingerprint density at radius 2 is 1.71 bits per heavy atom. The molecule has 0 saturated carbocycles. The molecule has 0 radical (unpaired) electrons. The highest BCUT2D eigenvalue weighted by atomic mass is 79.9. The van der Waals surface area contributed by atoms with Crippen LogP contribution in [0.4, 0.5) is 0 Å². The van der Waals surface area contributed by atoms with Crippen molar-refractivity contribution in [2.75, 3.05) is 0 Å². The molecule has 4 rings (SSSR count). The summed E-state index contributed by atoms with van der Waals surface area (Å²) in [6, 6.07) is 24.2. The Labute approximate surface area is 148 Å². The molecule has 0 saturated heterocycles. The Hall–Kier alpha value is -2.52. The van der Waals surface area contributed by atoms with Crippen molar-refractivity contribution in [3.05, 3.63) is 89.0 Å². The van der Waals surface area contributed by atoms with Gasteiger partial charge in [-0.05, 0) is 35.0 Å². The van der Waals surface area contributed by atoms with Crippen LogP contribution >= 0.6 is 15.9 Å². The summed E-state index contributed by atoms with van der Waals surface area (Å²) in [5, 5.41) is 3.58. The predicted octanol–water partition coefficient (Wildman–Crippen LogP) is 4.93. The van der Waals surface area contributed by atoms with E-state index in [1.165, 1.54) is 10.8 Å². The van der Waals surface area contributed by atoms with Crippen molar-refractivity contribution < 1.29 is 9.36 Å². The SMILES string of the molecule is O=C(C[n+]1cccc2c3ccccc3ccc21)c1cccc(Br)c1. The number of fused-ring (bicyclic) bond motifs is 3. The number of aromatic nitrogens is 1. The fourth-order valence-electron chi connectivity index (χ4n) is 3.08. The van der Waals surface area contributed by atoms with E-state index < -0.39 is 0 Å². The van der Waals surface area contributed by atoms with Gasteiger partial charge in [-0.25, -0.2) is 0 Å². The second-order valence-corrected chi connectivity index (χ2v) is 6.70. The smallest absolute Gasteiger partial charge is 0.227 e. The third-order valence-electron chi connectivity index (χ3n) is 4.25. The van der Waals surface area contributed by atoms with E-state index in [-0.39, 0.29) is 5.78 Å². The fourth-order valence-corrected chi connectivity index (χ4v) is 3.48. The first-order valence-electron chi connectivity index (χ1n) is 7.81. The summed E-state index contributed by atoms with van der Waals surface area (Å²) in [6.07, 6.45) is 1.97. The molecule has 116 valence electrons. The van der Waals surface area contributed by atoms with Crippen molar-refractivity contribution in [2.24, 2.45) is 0 Å². The van der Waals surface area contributed by atoms with Gasteiger partial charge >= 0.3 is 0 Å². The minimum Gasteiger partial charge on any atom is -0.287 e. The molecule has 0 aliphatic heterocycles. The lowest BCUT2D eigenvalue weighted by atomic mass is 10.0. The number of benzene rings is 3. The summed E-state index contributed by atoms with van der Waals surface area (Å²) in [6.45, 7) is 0.326. The van der Waals surface area contributed by atoms with Crippen molar-refractivity contribution in [3.63, 3.8) is 0 Å². The summed E-state index contributed by atoms with van der Waals surface area (Å²) in [5.74, 6) is 0.0990. The maximum atomic E-state index is 12.6. The molecule has 0 N–H and O–H groups in total. The van der Waals surface area contributed by atoms with Crippen molar-refractivity contribution in [1.29, 1.82) is 0 Å². The molecule has 0 bridgehead atoms. The molecule has 0 aliphatic carbocycles. The topological polar surface area (TPSA) is 20.9 Å². The number of rotatable bonds is 3. The lowest BCUT2D eigenvalue weighted by molar-refractivity contribution is -0.657. The molecule has 1 heterocycles. The van der Waals surface area contributed by atoms with Crippen LogP contribution in [0.5, 0.6) is 0 Å². The van der Waals surface area contributed by atoms with Crippen molar-refractivity contribution >= 4 is 43.4 Å². The van der Waals surface area contributed by atoms with Crippen molar-refractivity contribution in [2.45, 2.75) is 6.54 Å². The maximum Gasteiger partial charge on any atom is 0.227 e. The molecule has 0 fully saturated rings. The highest BCUT2D eigenvalue weighted by molar-refractivity contribution is 9.10. The van der Waals surface area contributed by atoms with Gasteiger partial charge < -0.3 is 0 Å². The van der Waals surface area contributed by atoms with E-state index in [4.69, 9.17) is 0 Å². The largest absolute Gasteiger partial charge is 0.287 e. The predicted molar refractivity (Wildman–Crippen MR) is 100 cm³/mol. The average Bonchev–Trinajstić information content (AvgIpc) is 2.62. The maximum absolute atomic E-state index is 12.6. The summed E-state index contributed by atoms with van der Waals surface area (Å²) < 4.78 is 2.94. The standard InChI is InChI=1S/C21H15BrNO/c22-17-7-3-6-16(13-17)21(24)14-23-12-4-9-19-18-8-2-1-5-15(18)10-11-20(19)23/h1-13H,14H2/q+1. The lowest BCUT2D eigenvalue weighted by Gasteiger charge is -2.05. The van der Waals surface area contributed by atoms with Gasteiger partial charge in [0.05, 0.1) is 5.39 Å². The van der Waals surface area contributed by atoms with E-state index in [0.29, 0.717) is 6.54 Å².